The zero-order valence-electron chi connectivity index (χ0n) is 31.7. The number of fused-ring (bicyclic) bond motifs is 13. The average molecular weight is 743 g/mol. The molecule has 0 N–H and O–H groups in total. The van der Waals surface area contributed by atoms with Gasteiger partial charge in [0, 0.05) is 62.1 Å². The van der Waals surface area contributed by atoms with Crippen LogP contribution in [0.3, 0.4) is 0 Å². The summed E-state index contributed by atoms with van der Waals surface area (Å²) in [5.74, 6) is 0.505. The lowest BCUT2D eigenvalue weighted by atomic mass is 9.82. The minimum atomic E-state index is 0.119. The summed E-state index contributed by atoms with van der Waals surface area (Å²) >= 11 is 0. The number of hydrogen-bond donors (Lipinski definition) is 0. The van der Waals surface area contributed by atoms with Crippen molar-refractivity contribution in [2.45, 2.75) is 23.9 Å². The van der Waals surface area contributed by atoms with Crippen molar-refractivity contribution in [3.63, 3.8) is 0 Å². The number of nitrogens with zero attached hydrogens (tertiary/aromatic N) is 4. The molecular weight excluding hydrogens is 705 g/mol. The number of hydrogen-bond acceptors (Lipinski definition) is 2. The fraction of sp³-hybridized carbons (Fsp3) is 0.0741. The van der Waals surface area contributed by atoms with E-state index in [1.807, 2.05) is 0 Å². The predicted molar refractivity (Wildman–Crippen MR) is 241 cm³/mol. The van der Waals surface area contributed by atoms with Crippen LogP contribution in [0, 0.1) is 0 Å². The molecule has 2 aliphatic carbocycles. The Morgan fingerprint density at radius 3 is 1.60 bits per heavy atom. The maximum atomic E-state index is 2.58. The van der Waals surface area contributed by atoms with Crippen LogP contribution in [0.5, 0.6) is 0 Å². The molecule has 0 saturated heterocycles. The quantitative estimate of drug-likeness (QED) is 0.179. The van der Waals surface area contributed by atoms with Crippen LogP contribution in [0.1, 0.15) is 34.2 Å². The molecule has 4 heterocycles. The van der Waals surface area contributed by atoms with E-state index in [1.54, 1.807) is 0 Å². The molecule has 0 spiro atoms. The molecule has 4 heteroatoms. The van der Waals surface area contributed by atoms with E-state index in [0.717, 1.165) is 0 Å². The second kappa shape index (κ2) is 12.1. The Morgan fingerprint density at radius 1 is 0.379 bits per heavy atom. The molecule has 274 valence electrons. The van der Waals surface area contributed by atoms with Crippen molar-refractivity contribution in [1.82, 2.24) is 9.13 Å². The number of allylic oxidation sites excluding steroid dienone is 2. The topological polar surface area (TPSA) is 16.3 Å². The smallest absolute Gasteiger partial charge is 0.0637 e. The average Bonchev–Trinajstić information content (AvgIpc) is 4.01. The van der Waals surface area contributed by atoms with Crippen LogP contribution < -0.4 is 9.80 Å². The molecule has 0 bridgehead atoms. The van der Waals surface area contributed by atoms with Crippen LogP contribution in [0.25, 0.3) is 50.2 Å². The van der Waals surface area contributed by atoms with Gasteiger partial charge in [0.05, 0.1) is 34.3 Å². The maximum absolute atomic E-state index is 2.58. The first-order valence-electron chi connectivity index (χ1n) is 20.4. The van der Waals surface area contributed by atoms with Gasteiger partial charge in [-0.2, -0.15) is 0 Å². The van der Waals surface area contributed by atoms with Crippen LogP contribution in [-0.4, -0.2) is 21.2 Å². The summed E-state index contributed by atoms with van der Waals surface area (Å²) in [6, 6.07) is 63.2. The van der Waals surface area contributed by atoms with E-state index in [-0.39, 0.29) is 18.0 Å². The van der Waals surface area contributed by atoms with Crippen LogP contribution in [0.4, 0.5) is 22.7 Å². The van der Waals surface area contributed by atoms with Crippen molar-refractivity contribution < 1.29 is 0 Å². The maximum Gasteiger partial charge on any atom is 0.0637 e. The van der Waals surface area contributed by atoms with E-state index in [4.69, 9.17) is 0 Å². The summed E-state index contributed by atoms with van der Waals surface area (Å²) in [5, 5.41) is 3.86. The Balaban J connectivity index is 0.956. The first-order chi connectivity index (χ1) is 28.8. The van der Waals surface area contributed by atoms with Crippen molar-refractivity contribution in [3.8, 4) is 11.4 Å². The molecule has 0 fully saturated rings. The molecule has 4 aliphatic rings. The van der Waals surface area contributed by atoms with Crippen molar-refractivity contribution in [2.75, 3.05) is 9.80 Å². The third-order valence-electron chi connectivity index (χ3n) is 13.2. The molecule has 0 amide bonds. The van der Waals surface area contributed by atoms with E-state index in [2.05, 4.69) is 225 Å². The third kappa shape index (κ3) is 4.34. The number of para-hydroxylation sites is 5. The van der Waals surface area contributed by atoms with Gasteiger partial charge in [-0.05, 0) is 89.5 Å². The predicted octanol–water partition coefficient (Wildman–Crippen LogP) is 13.1. The van der Waals surface area contributed by atoms with E-state index in [9.17, 15) is 0 Å². The summed E-state index contributed by atoms with van der Waals surface area (Å²) in [4.78, 5) is 5.11. The van der Waals surface area contributed by atoms with Gasteiger partial charge in [-0.3, -0.25) is 0 Å². The van der Waals surface area contributed by atoms with Gasteiger partial charge in [0.15, 0.2) is 0 Å². The minimum Gasteiger partial charge on any atom is -0.333 e. The molecule has 4 nitrogen and oxygen atoms in total. The highest BCUT2D eigenvalue weighted by Crippen LogP contribution is 2.54. The van der Waals surface area contributed by atoms with E-state index < -0.39 is 0 Å². The summed E-state index contributed by atoms with van der Waals surface area (Å²) in [6.07, 6.45) is 14.0. The Hall–Kier alpha value is -7.30. The van der Waals surface area contributed by atoms with Crippen molar-refractivity contribution in [2.24, 2.45) is 0 Å². The number of rotatable bonds is 4. The first kappa shape index (κ1) is 31.9. The molecular formula is C54H38N4. The summed E-state index contributed by atoms with van der Waals surface area (Å²) in [6.45, 7) is 0. The molecule has 2 aliphatic heterocycles. The lowest BCUT2D eigenvalue weighted by Gasteiger charge is -2.31. The first-order valence-corrected chi connectivity index (χ1v) is 20.4. The Labute approximate surface area is 337 Å². The molecule has 7 aromatic carbocycles. The highest BCUT2D eigenvalue weighted by molar-refractivity contribution is 6.09. The summed E-state index contributed by atoms with van der Waals surface area (Å²) in [7, 11) is 0. The van der Waals surface area contributed by atoms with Gasteiger partial charge in [-0.25, -0.2) is 0 Å². The standard InChI is InChI=1S/C54H38N4/c1-7-25-45-39(19-1)40-20-2-8-26-46(40)55(45)35-15-13-17-37(33-35)57-49-29-11-5-23-43(49)53-51(57)31-32-52-54(53)44-24-6-12-30-50(44)58(52)38-18-14-16-36(34-38)56-47-27-9-3-21-41(47)42-22-4-10-28-48(42)56/h1-34,39,45,52,54H. The minimum absolute atomic E-state index is 0.119. The van der Waals surface area contributed by atoms with Crippen LogP contribution in [0.2, 0.25) is 0 Å². The fourth-order valence-electron chi connectivity index (χ4n) is 10.9. The van der Waals surface area contributed by atoms with Gasteiger partial charge >= 0.3 is 0 Å². The Bertz CT molecular complexity index is 3190. The lowest BCUT2D eigenvalue weighted by Crippen LogP contribution is -2.30. The van der Waals surface area contributed by atoms with Gasteiger partial charge in [0.1, 0.15) is 0 Å². The second-order valence-electron chi connectivity index (χ2n) is 16.0. The van der Waals surface area contributed by atoms with Gasteiger partial charge < -0.3 is 18.9 Å². The van der Waals surface area contributed by atoms with Gasteiger partial charge in [0.25, 0.3) is 0 Å². The molecule has 13 rings (SSSR count). The van der Waals surface area contributed by atoms with Gasteiger partial charge in [-0.1, -0.05) is 134 Å². The molecule has 58 heavy (non-hydrogen) atoms. The van der Waals surface area contributed by atoms with Crippen molar-refractivity contribution in [3.05, 3.63) is 223 Å². The van der Waals surface area contributed by atoms with Gasteiger partial charge in [-0.15, -0.1) is 0 Å². The Morgan fingerprint density at radius 2 is 0.897 bits per heavy atom. The molecule has 2 aromatic heterocycles. The van der Waals surface area contributed by atoms with Crippen LogP contribution in [0.15, 0.2) is 200 Å². The molecule has 0 radical (unpaired) electrons. The summed E-state index contributed by atoms with van der Waals surface area (Å²) < 4.78 is 4.93. The monoisotopic (exact) mass is 742 g/mol. The normalized spacial score (nSPS) is 19.8. The highest BCUT2D eigenvalue weighted by atomic mass is 15.2. The van der Waals surface area contributed by atoms with Crippen molar-refractivity contribution in [1.29, 1.82) is 0 Å². The van der Waals surface area contributed by atoms with Crippen LogP contribution >= 0.6 is 0 Å². The SMILES string of the molecule is C1=CC2c3ccccc3N(c3cccc(-n4c5c(c6ccccc64)C4c6ccccc6N(c6cccc(-n7c8ccccc8c8ccccc87)c6)C4C=C5)c3)C2C=C1. The van der Waals surface area contributed by atoms with Crippen molar-refractivity contribution >= 4 is 61.5 Å². The van der Waals surface area contributed by atoms with Crippen LogP contribution in [-0.2, 0) is 0 Å². The molecule has 9 aromatic rings. The second-order valence-corrected chi connectivity index (χ2v) is 16.0. The zero-order chi connectivity index (χ0) is 37.9. The molecule has 4 atom stereocenters. The number of benzene rings is 7. The number of anilines is 4. The Kier molecular flexibility index (Phi) is 6.65. The fourth-order valence-corrected chi connectivity index (χ4v) is 10.9. The third-order valence-corrected chi connectivity index (χ3v) is 13.2. The van der Waals surface area contributed by atoms with E-state index in [0.29, 0.717) is 5.92 Å². The molecule has 4 unspecified atom stereocenters. The van der Waals surface area contributed by atoms with E-state index >= 15 is 0 Å². The lowest BCUT2D eigenvalue weighted by molar-refractivity contribution is 0.725. The summed E-state index contributed by atoms with van der Waals surface area (Å²) in [5.41, 5.74) is 16.4. The van der Waals surface area contributed by atoms with E-state index in [1.165, 1.54) is 89.2 Å². The largest absolute Gasteiger partial charge is 0.333 e. The molecule has 0 saturated carbocycles. The zero-order valence-corrected chi connectivity index (χ0v) is 31.7. The van der Waals surface area contributed by atoms with Gasteiger partial charge in [0.2, 0.25) is 0 Å². The highest BCUT2D eigenvalue weighted by Gasteiger charge is 2.44. The number of aromatic nitrogens is 2.